The third-order valence-corrected chi connectivity index (χ3v) is 8.84. The van der Waals surface area contributed by atoms with Gasteiger partial charge in [0.1, 0.15) is 12.2 Å². The Hall–Kier alpha value is -3.49. The van der Waals surface area contributed by atoms with Gasteiger partial charge in [0.15, 0.2) is 6.79 Å². The van der Waals surface area contributed by atoms with Crippen LogP contribution in [-0.2, 0) is 34.6 Å². The minimum absolute atomic E-state index is 0.229. The molecule has 0 bridgehead atoms. The summed E-state index contributed by atoms with van der Waals surface area (Å²) in [7, 11) is -3.91. The number of nitrogens with one attached hydrogen (secondary N) is 1. The molecular formula is C29H37N2O8P. The molecule has 0 radical (unpaired) electrons. The van der Waals surface area contributed by atoms with Gasteiger partial charge in [0.2, 0.25) is 13.3 Å². The number of rotatable bonds is 12. The summed E-state index contributed by atoms with van der Waals surface area (Å²) >= 11 is 0. The summed E-state index contributed by atoms with van der Waals surface area (Å²) in [4.78, 5) is 51.4. The van der Waals surface area contributed by atoms with Gasteiger partial charge in [-0.25, -0.2) is 4.79 Å². The normalized spacial score (nSPS) is 17.5. The highest BCUT2D eigenvalue weighted by Crippen LogP contribution is 2.48. The van der Waals surface area contributed by atoms with Gasteiger partial charge < -0.3 is 20.1 Å². The zero-order valence-corrected chi connectivity index (χ0v) is 24.0. The second-order valence-corrected chi connectivity index (χ2v) is 13.5. The molecule has 0 aromatic heterocycles. The van der Waals surface area contributed by atoms with Gasteiger partial charge >= 0.3 is 11.9 Å². The van der Waals surface area contributed by atoms with Crippen LogP contribution >= 0.6 is 7.37 Å². The van der Waals surface area contributed by atoms with Gasteiger partial charge in [-0.15, -0.1) is 0 Å². The molecule has 2 N–H and O–H groups in total. The van der Waals surface area contributed by atoms with E-state index in [-0.39, 0.29) is 18.6 Å². The molecule has 40 heavy (non-hydrogen) atoms. The fourth-order valence-electron chi connectivity index (χ4n) is 4.43. The van der Waals surface area contributed by atoms with Crippen molar-refractivity contribution >= 4 is 31.1 Å². The Kier molecular flexibility index (Phi) is 10.7. The third kappa shape index (κ3) is 9.03. The van der Waals surface area contributed by atoms with E-state index >= 15 is 0 Å². The Morgan fingerprint density at radius 3 is 2.27 bits per heavy atom. The number of nitrogens with zero attached hydrogens (tertiary/aromatic N) is 1. The van der Waals surface area contributed by atoms with Crippen molar-refractivity contribution in [3.8, 4) is 0 Å². The van der Waals surface area contributed by atoms with Gasteiger partial charge in [0, 0.05) is 24.3 Å². The number of hydrogen-bond donors (Lipinski definition) is 2. The van der Waals surface area contributed by atoms with Crippen LogP contribution in [0.15, 0.2) is 60.7 Å². The van der Waals surface area contributed by atoms with E-state index in [1.165, 1.54) is 4.90 Å². The van der Waals surface area contributed by atoms with Crippen molar-refractivity contribution in [2.75, 3.05) is 25.7 Å². The monoisotopic (exact) mass is 572 g/mol. The van der Waals surface area contributed by atoms with E-state index in [9.17, 15) is 28.8 Å². The Morgan fingerprint density at radius 1 is 1.05 bits per heavy atom. The molecule has 10 nitrogen and oxygen atoms in total. The molecule has 11 heteroatoms. The number of likely N-dealkylation sites (tertiary alicyclic amines) is 1. The number of carboxylic acids is 1. The minimum atomic E-state index is -3.91. The molecule has 2 aromatic rings. The highest BCUT2D eigenvalue weighted by atomic mass is 31.2. The van der Waals surface area contributed by atoms with Crippen LogP contribution in [0.4, 0.5) is 0 Å². The van der Waals surface area contributed by atoms with Crippen LogP contribution in [0.25, 0.3) is 0 Å². The lowest BCUT2D eigenvalue weighted by molar-refractivity contribution is -0.159. The predicted octanol–water partition coefficient (Wildman–Crippen LogP) is 3.94. The molecule has 1 fully saturated rings. The van der Waals surface area contributed by atoms with Crippen molar-refractivity contribution in [3.63, 3.8) is 0 Å². The van der Waals surface area contributed by atoms with E-state index in [0.29, 0.717) is 24.8 Å². The quantitative estimate of drug-likeness (QED) is 0.222. The summed E-state index contributed by atoms with van der Waals surface area (Å²) in [6.45, 7) is 4.56. The SMILES string of the molecule is CC(C)(C)C(=O)OCOP(=O)(CC(=O)N1CCC[C@H]1C(=O)O)C[C@H](Cc1ccccc1)NC(=O)c1ccccc1. The molecule has 1 saturated heterocycles. The number of ether oxygens (including phenoxy) is 1. The van der Waals surface area contributed by atoms with Crippen molar-refractivity contribution in [2.24, 2.45) is 5.41 Å². The second kappa shape index (κ2) is 13.7. The number of aliphatic carboxylic acids is 1. The van der Waals surface area contributed by atoms with E-state index in [1.807, 2.05) is 30.3 Å². The largest absolute Gasteiger partial charge is 0.480 e. The number of benzene rings is 2. The van der Waals surface area contributed by atoms with E-state index in [2.05, 4.69) is 5.32 Å². The number of hydrogen-bond acceptors (Lipinski definition) is 7. The zero-order valence-electron chi connectivity index (χ0n) is 23.1. The van der Waals surface area contributed by atoms with Crippen molar-refractivity contribution in [1.82, 2.24) is 10.2 Å². The van der Waals surface area contributed by atoms with Crippen molar-refractivity contribution in [3.05, 3.63) is 71.8 Å². The summed E-state index contributed by atoms with van der Waals surface area (Å²) < 4.78 is 25.1. The maximum atomic E-state index is 14.2. The van der Waals surface area contributed by atoms with E-state index < -0.39 is 55.7 Å². The van der Waals surface area contributed by atoms with Crippen molar-refractivity contribution in [1.29, 1.82) is 0 Å². The average molecular weight is 573 g/mol. The van der Waals surface area contributed by atoms with Crippen LogP contribution in [-0.4, -0.2) is 71.5 Å². The van der Waals surface area contributed by atoms with Crippen LogP contribution in [0.5, 0.6) is 0 Å². The molecule has 0 aliphatic carbocycles. The Bertz CT molecular complexity index is 1230. The van der Waals surface area contributed by atoms with Gasteiger partial charge in [-0.1, -0.05) is 48.5 Å². The summed E-state index contributed by atoms with van der Waals surface area (Å²) in [5.74, 6) is -2.71. The summed E-state index contributed by atoms with van der Waals surface area (Å²) in [5.41, 5.74) is 0.448. The Labute approximate surface area is 234 Å². The number of amides is 2. The molecule has 1 aliphatic heterocycles. The van der Waals surface area contributed by atoms with Gasteiger partial charge in [-0.05, 0) is 57.7 Å². The van der Waals surface area contributed by atoms with Crippen molar-refractivity contribution < 1.29 is 38.1 Å². The highest BCUT2D eigenvalue weighted by Gasteiger charge is 2.39. The Balaban J connectivity index is 1.85. The molecule has 2 aromatic carbocycles. The Morgan fingerprint density at radius 2 is 1.68 bits per heavy atom. The number of carboxylic acid groups (broad SMARTS) is 1. The standard InChI is InChI=1S/C29H37N2O8P/c1-29(2,3)28(36)38-20-39-40(37,19-25(32)31-16-10-15-24(31)27(34)35)18-23(17-21-11-6-4-7-12-21)30-26(33)22-13-8-5-9-14-22/h4-9,11-14,23-24H,10,15-20H2,1-3H3,(H,30,33)(H,34,35)/t23-,24-,40?/m0/s1. The first-order valence-corrected chi connectivity index (χ1v) is 15.2. The van der Waals surface area contributed by atoms with Gasteiger partial charge in [0.05, 0.1) is 5.41 Å². The maximum Gasteiger partial charge on any atom is 0.326 e. The van der Waals surface area contributed by atoms with Crippen LogP contribution in [0, 0.1) is 5.41 Å². The van der Waals surface area contributed by atoms with Crippen LogP contribution in [0.3, 0.4) is 0 Å². The lowest BCUT2D eigenvalue weighted by Crippen LogP contribution is -2.43. The lowest BCUT2D eigenvalue weighted by atomic mass is 9.98. The first kappa shape index (κ1) is 31.0. The number of esters is 1. The fraction of sp³-hybridized carbons (Fsp3) is 0.448. The number of carbonyl (C=O) groups is 4. The molecule has 1 unspecified atom stereocenters. The fourth-order valence-corrected chi connectivity index (χ4v) is 6.48. The minimum Gasteiger partial charge on any atom is -0.480 e. The third-order valence-electron chi connectivity index (χ3n) is 6.52. The van der Waals surface area contributed by atoms with E-state index in [4.69, 9.17) is 9.26 Å². The molecule has 3 atom stereocenters. The van der Waals surface area contributed by atoms with Crippen LogP contribution < -0.4 is 5.32 Å². The van der Waals surface area contributed by atoms with Gasteiger partial charge in [-0.2, -0.15) is 0 Å². The summed E-state index contributed by atoms with van der Waals surface area (Å²) in [6, 6.07) is 16.1. The smallest absolute Gasteiger partial charge is 0.326 e. The summed E-state index contributed by atoms with van der Waals surface area (Å²) in [6.07, 6.45) is 0.297. The molecule has 1 heterocycles. The first-order chi connectivity index (χ1) is 18.9. The number of carbonyl (C=O) groups excluding carboxylic acids is 3. The second-order valence-electron chi connectivity index (χ2n) is 10.9. The zero-order chi connectivity index (χ0) is 29.3. The molecule has 3 rings (SSSR count). The van der Waals surface area contributed by atoms with E-state index in [0.717, 1.165) is 5.56 Å². The highest BCUT2D eigenvalue weighted by molar-refractivity contribution is 7.60. The van der Waals surface area contributed by atoms with Gasteiger partial charge in [-0.3, -0.25) is 23.5 Å². The molecule has 0 saturated carbocycles. The predicted molar refractivity (Wildman–Crippen MR) is 149 cm³/mol. The molecular weight excluding hydrogens is 535 g/mol. The van der Waals surface area contributed by atoms with Crippen LogP contribution in [0.1, 0.15) is 49.5 Å². The average Bonchev–Trinajstić information content (AvgIpc) is 3.40. The molecule has 1 aliphatic rings. The van der Waals surface area contributed by atoms with Crippen LogP contribution in [0.2, 0.25) is 0 Å². The molecule has 216 valence electrons. The summed E-state index contributed by atoms with van der Waals surface area (Å²) in [5, 5.41) is 12.4. The topological polar surface area (TPSA) is 139 Å². The van der Waals surface area contributed by atoms with Crippen molar-refractivity contribution in [2.45, 2.75) is 52.1 Å². The molecule has 0 spiro atoms. The van der Waals surface area contributed by atoms with Gasteiger partial charge in [0.25, 0.3) is 5.91 Å². The molecule has 2 amide bonds. The first-order valence-electron chi connectivity index (χ1n) is 13.2. The lowest BCUT2D eigenvalue weighted by Gasteiger charge is -2.28. The van der Waals surface area contributed by atoms with E-state index in [1.54, 1.807) is 51.1 Å². The maximum absolute atomic E-state index is 14.2.